The van der Waals surface area contributed by atoms with Crippen molar-refractivity contribution in [3.05, 3.63) is 17.3 Å². The van der Waals surface area contributed by atoms with Gasteiger partial charge in [-0.2, -0.15) is 0 Å². The van der Waals surface area contributed by atoms with Crippen LogP contribution in [-0.4, -0.2) is 35.4 Å². The van der Waals surface area contributed by atoms with Crippen LogP contribution in [0, 0.1) is 0 Å². The van der Waals surface area contributed by atoms with Crippen molar-refractivity contribution in [2.45, 2.75) is 115 Å². The Bertz CT molecular complexity index is 673. The summed E-state index contributed by atoms with van der Waals surface area (Å²) in [5.74, 6) is 0.814. The minimum Gasteiger partial charge on any atom is -0.399 e. The zero-order chi connectivity index (χ0) is 21.8. The zero-order valence-corrected chi connectivity index (χ0v) is 19.9. The van der Waals surface area contributed by atoms with Crippen LogP contribution in [0.3, 0.4) is 0 Å². The molecule has 7 heteroatoms. The van der Waals surface area contributed by atoms with Crippen LogP contribution in [-0.2, 0) is 9.31 Å². The van der Waals surface area contributed by atoms with E-state index in [9.17, 15) is 0 Å². The third-order valence-electron chi connectivity index (χ3n) is 6.95. The molecule has 0 atom stereocenters. The molecule has 0 unspecified atom stereocenters. The van der Waals surface area contributed by atoms with Gasteiger partial charge in [-0.15, -0.1) is 0 Å². The van der Waals surface area contributed by atoms with E-state index in [0.29, 0.717) is 17.2 Å². The lowest BCUT2D eigenvalue weighted by molar-refractivity contribution is 0.00578. The number of anilines is 1. The SMILES string of the molecule is CC1(C)OB(c2cc(Cl)nc(NC3CCCCC3)c2)OC1(C)C.NC1CCCCC1. The molecule has 4 rings (SSSR count). The summed E-state index contributed by atoms with van der Waals surface area (Å²) in [6, 6.07) is 4.85. The first kappa shape index (κ1) is 23.8. The molecule has 1 saturated heterocycles. The van der Waals surface area contributed by atoms with Crippen molar-refractivity contribution in [1.82, 2.24) is 4.98 Å². The van der Waals surface area contributed by atoms with Crippen LogP contribution in [0.2, 0.25) is 5.15 Å². The molecule has 30 heavy (non-hydrogen) atoms. The molecule has 0 radical (unpaired) electrons. The monoisotopic (exact) mass is 435 g/mol. The van der Waals surface area contributed by atoms with Gasteiger partial charge in [-0.3, -0.25) is 0 Å². The van der Waals surface area contributed by atoms with Gasteiger partial charge in [-0.05, 0) is 71.0 Å². The Hall–Kier alpha value is -0.815. The third-order valence-corrected chi connectivity index (χ3v) is 7.14. The lowest BCUT2D eigenvalue weighted by Gasteiger charge is -2.32. The van der Waals surface area contributed by atoms with Gasteiger partial charge in [-0.25, -0.2) is 4.98 Å². The molecule has 0 amide bonds. The average Bonchev–Trinajstić information content (AvgIpc) is 2.91. The predicted molar refractivity (Wildman–Crippen MR) is 127 cm³/mol. The lowest BCUT2D eigenvalue weighted by atomic mass is 9.79. The van der Waals surface area contributed by atoms with E-state index >= 15 is 0 Å². The van der Waals surface area contributed by atoms with E-state index in [1.165, 1.54) is 64.2 Å². The van der Waals surface area contributed by atoms with Crippen molar-refractivity contribution in [1.29, 1.82) is 0 Å². The molecule has 2 heterocycles. The molecule has 5 nitrogen and oxygen atoms in total. The number of aromatic nitrogens is 1. The second kappa shape index (κ2) is 10.2. The molecule has 0 aromatic carbocycles. The van der Waals surface area contributed by atoms with Crippen LogP contribution in [0.5, 0.6) is 0 Å². The first-order valence-corrected chi connectivity index (χ1v) is 12.1. The number of rotatable bonds is 3. The summed E-state index contributed by atoms with van der Waals surface area (Å²) in [7, 11) is -0.410. The maximum absolute atomic E-state index is 6.23. The van der Waals surface area contributed by atoms with Crippen LogP contribution in [0.25, 0.3) is 0 Å². The van der Waals surface area contributed by atoms with E-state index in [0.717, 1.165) is 11.3 Å². The molecule has 3 fully saturated rings. The van der Waals surface area contributed by atoms with Gasteiger partial charge in [0.1, 0.15) is 11.0 Å². The Balaban J connectivity index is 0.000000310. The standard InChI is InChI=1S/C17H26BClN2O2.C6H13N/c1-16(2)17(3,4)23-18(22-16)12-10-14(19)21-15(11-12)20-13-8-6-5-7-9-13;7-6-4-2-1-3-5-6/h10-11,13H,5-9H2,1-4H3,(H,20,21);6H,1-5,7H2. The fourth-order valence-electron chi connectivity index (χ4n) is 4.30. The van der Waals surface area contributed by atoms with Crippen molar-refractivity contribution in [2.24, 2.45) is 5.73 Å². The molecule has 0 spiro atoms. The highest BCUT2D eigenvalue weighted by Crippen LogP contribution is 2.36. The Labute approximate surface area is 188 Å². The second-order valence-electron chi connectivity index (χ2n) is 10.1. The Kier molecular flexibility index (Phi) is 8.11. The molecular weight excluding hydrogens is 397 g/mol. The van der Waals surface area contributed by atoms with E-state index in [1.54, 1.807) is 0 Å². The lowest BCUT2D eigenvalue weighted by Crippen LogP contribution is -2.41. The Morgan fingerprint density at radius 1 is 0.933 bits per heavy atom. The normalized spacial score (nSPS) is 24.3. The second-order valence-corrected chi connectivity index (χ2v) is 10.5. The van der Waals surface area contributed by atoms with Gasteiger partial charge in [0.25, 0.3) is 0 Å². The highest BCUT2D eigenvalue weighted by molar-refractivity contribution is 6.62. The van der Waals surface area contributed by atoms with E-state index in [-0.39, 0.29) is 11.2 Å². The van der Waals surface area contributed by atoms with Gasteiger partial charge in [0.05, 0.1) is 11.2 Å². The van der Waals surface area contributed by atoms with Crippen LogP contribution in [0.4, 0.5) is 5.82 Å². The predicted octanol–water partition coefficient (Wildman–Crippen LogP) is 5.06. The van der Waals surface area contributed by atoms with Gasteiger partial charge < -0.3 is 20.4 Å². The highest BCUT2D eigenvalue weighted by Gasteiger charge is 2.51. The summed E-state index contributed by atoms with van der Waals surface area (Å²) in [5, 5.41) is 3.99. The molecule has 2 saturated carbocycles. The summed E-state index contributed by atoms with van der Waals surface area (Å²) >= 11 is 6.23. The first-order valence-electron chi connectivity index (χ1n) is 11.7. The highest BCUT2D eigenvalue weighted by atomic mass is 35.5. The zero-order valence-electron chi connectivity index (χ0n) is 19.2. The number of pyridine rings is 1. The molecule has 0 bridgehead atoms. The quantitative estimate of drug-likeness (QED) is 0.513. The van der Waals surface area contributed by atoms with Crippen LogP contribution in [0.15, 0.2) is 12.1 Å². The number of nitrogens with zero attached hydrogens (tertiary/aromatic N) is 1. The average molecular weight is 436 g/mol. The minimum atomic E-state index is -0.410. The molecule has 3 N–H and O–H groups in total. The summed E-state index contributed by atoms with van der Waals surface area (Å²) in [6.07, 6.45) is 12.9. The molecule has 1 aromatic heterocycles. The fraction of sp³-hybridized carbons (Fsp3) is 0.783. The van der Waals surface area contributed by atoms with Crippen LogP contribution in [0.1, 0.15) is 91.9 Å². The van der Waals surface area contributed by atoms with Crippen molar-refractivity contribution in [2.75, 3.05) is 5.32 Å². The largest absolute Gasteiger partial charge is 0.495 e. The summed E-state index contributed by atoms with van der Waals surface area (Å²) in [5.41, 5.74) is 5.84. The Morgan fingerprint density at radius 3 is 1.97 bits per heavy atom. The number of halogens is 1. The van der Waals surface area contributed by atoms with Gasteiger partial charge in [0.2, 0.25) is 0 Å². The topological polar surface area (TPSA) is 69.4 Å². The smallest absolute Gasteiger partial charge is 0.399 e. The number of hydrogen-bond acceptors (Lipinski definition) is 5. The molecule has 1 aliphatic heterocycles. The summed E-state index contributed by atoms with van der Waals surface area (Å²) < 4.78 is 12.2. The van der Waals surface area contributed by atoms with Gasteiger partial charge >= 0.3 is 7.12 Å². The fourth-order valence-corrected chi connectivity index (χ4v) is 4.51. The molecule has 3 aliphatic rings. The first-order chi connectivity index (χ1) is 14.2. The Morgan fingerprint density at radius 2 is 1.47 bits per heavy atom. The summed E-state index contributed by atoms with van der Waals surface area (Å²) in [4.78, 5) is 4.42. The molecular formula is C23H39BClN3O2. The van der Waals surface area contributed by atoms with Crippen LogP contribution >= 0.6 is 11.6 Å². The van der Waals surface area contributed by atoms with E-state index in [2.05, 4.69) is 38.0 Å². The minimum absolute atomic E-state index is 0.357. The van der Waals surface area contributed by atoms with Gasteiger partial charge in [0, 0.05) is 12.1 Å². The van der Waals surface area contributed by atoms with Crippen molar-refractivity contribution in [3.63, 3.8) is 0 Å². The van der Waals surface area contributed by atoms with Crippen LogP contribution < -0.4 is 16.5 Å². The van der Waals surface area contributed by atoms with E-state index in [1.807, 2.05) is 12.1 Å². The van der Waals surface area contributed by atoms with Gasteiger partial charge in [-0.1, -0.05) is 50.1 Å². The van der Waals surface area contributed by atoms with Gasteiger partial charge in [0.15, 0.2) is 0 Å². The van der Waals surface area contributed by atoms with E-state index in [4.69, 9.17) is 26.6 Å². The number of nitrogens with two attached hydrogens (primary N) is 1. The molecule has 168 valence electrons. The molecule has 2 aliphatic carbocycles. The number of nitrogens with one attached hydrogen (secondary N) is 1. The summed E-state index contributed by atoms with van der Waals surface area (Å²) in [6.45, 7) is 8.21. The maximum atomic E-state index is 6.23. The van der Waals surface area contributed by atoms with Crippen molar-refractivity contribution in [3.8, 4) is 0 Å². The van der Waals surface area contributed by atoms with E-state index < -0.39 is 7.12 Å². The van der Waals surface area contributed by atoms with Crippen molar-refractivity contribution >= 4 is 30.0 Å². The number of hydrogen-bond donors (Lipinski definition) is 2. The molecule has 1 aromatic rings. The van der Waals surface area contributed by atoms with Crippen molar-refractivity contribution < 1.29 is 9.31 Å². The third kappa shape index (κ3) is 6.35. The maximum Gasteiger partial charge on any atom is 0.495 e.